The van der Waals surface area contributed by atoms with Crippen LogP contribution in [0.15, 0.2) is 77.0 Å². The van der Waals surface area contributed by atoms with Crippen molar-refractivity contribution in [3.05, 3.63) is 77.9 Å². The molecule has 9 heteroatoms. The highest BCUT2D eigenvalue weighted by atomic mass is 32.2. The molecule has 8 nitrogen and oxygen atoms in total. The van der Waals surface area contributed by atoms with Crippen LogP contribution in [0.25, 0.3) is 11.0 Å². The first-order chi connectivity index (χ1) is 17.1. The van der Waals surface area contributed by atoms with E-state index in [1.165, 1.54) is 18.0 Å². The van der Waals surface area contributed by atoms with Crippen molar-refractivity contribution in [1.29, 1.82) is 0 Å². The Balaban J connectivity index is 1.44. The minimum atomic E-state index is -0.246. The van der Waals surface area contributed by atoms with Gasteiger partial charge >= 0.3 is 0 Å². The zero-order valence-corrected chi connectivity index (χ0v) is 20.5. The summed E-state index contributed by atoms with van der Waals surface area (Å²) in [5.41, 5.74) is 6.29. The molecule has 0 bridgehead atoms. The third kappa shape index (κ3) is 5.75. The lowest BCUT2D eigenvalue weighted by molar-refractivity contribution is -0.118. The molecule has 0 aliphatic rings. The molecule has 4 rings (SSSR count). The molecule has 0 aliphatic carbocycles. The predicted octanol–water partition coefficient (Wildman–Crippen LogP) is 4.35. The maximum absolute atomic E-state index is 12.5. The zero-order chi connectivity index (χ0) is 24.6. The number of methoxy groups -OCH3 is 3. The van der Waals surface area contributed by atoms with E-state index in [1.54, 1.807) is 33.5 Å². The Labute approximate surface area is 207 Å². The number of fused-ring (bicyclic) bond motifs is 1. The molecule has 0 radical (unpaired) electrons. The van der Waals surface area contributed by atoms with Crippen molar-refractivity contribution >= 4 is 34.9 Å². The summed E-state index contributed by atoms with van der Waals surface area (Å²) in [7, 11) is 4.65. The number of rotatable bonds is 10. The number of amides is 1. The molecule has 0 saturated carbocycles. The quantitative estimate of drug-likeness (QED) is 0.202. The lowest BCUT2D eigenvalue weighted by Gasteiger charge is -2.11. The van der Waals surface area contributed by atoms with Gasteiger partial charge in [0.05, 0.1) is 50.9 Å². The number of nitrogens with zero attached hydrogens (tertiary/aromatic N) is 3. The van der Waals surface area contributed by atoms with Gasteiger partial charge in [0.1, 0.15) is 5.75 Å². The number of benzene rings is 3. The summed E-state index contributed by atoms with van der Waals surface area (Å²) in [5.74, 6) is 1.54. The van der Waals surface area contributed by atoms with Crippen molar-refractivity contribution in [2.24, 2.45) is 5.10 Å². The van der Waals surface area contributed by atoms with E-state index < -0.39 is 0 Å². The van der Waals surface area contributed by atoms with E-state index in [9.17, 15) is 4.79 Å². The molecule has 0 aliphatic heterocycles. The van der Waals surface area contributed by atoms with E-state index in [2.05, 4.69) is 27.2 Å². The van der Waals surface area contributed by atoms with Gasteiger partial charge in [-0.3, -0.25) is 4.79 Å². The minimum absolute atomic E-state index is 0.165. The smallest absolute Gasteiger partial charge is 0.250 e. The Morgan fingerprint density at radius 2 is 1.66 bits per heavy atom. The molecular formula is C26H26N4O4S. The van der Waals surface area contributed by atoms with Gasteiger partial charge in [0.25, 0.3) is 5.91 Å². The van der Waals surface area contributed by atoms with Gasteiger partial charge < -0.3 is 18.8 Å². The lowest BCUT2D eigenvalue weighted by atomic mass is 10.2. The maximum Gasteiger partial charge on any atom is 0.250 e. The van der Waals surface area contributed by atoms with Crippen LogP contribution in [-0.2, 0) is 11.3 Å². The molecular weight excluding hydrogens is 464 g/mol. The van der Waals surface area contributed by atoms with Crippen molar-refractivity contribution < 1.29 is 19.0 Å². The molecule has 1 aromatic heterocycles. The summed E-state index contributed by atoms with van der Waals surface area (Å²) in [6.07, 6.45) is 1.51. The average Bonchev–Trinajstić information content (AvgIpc) is 3.24. The van der Waals surface area contributed by atoms with E-state index >= 15 is 0 Å². The summed E-state index contributed by atoms with van der Waals surface area (Å²) in [6.45, 7) is 0.669. The number of hydrazone groups is 1. The summed E-state index contributed by atoms with van der Waals surface area (Å²) in [5, 5.41) is 4.86. The second-order valence-corrected chi connectivity index (χ2v) is 8.43. The van der Waals surface area contributed by atoms with Crippen LogP contribution in [0.4, 0.5) is 0 Å². The van der Waals surface area contributed by atoms with E-state index in [0.29, 0.717) is 29.4 Å². The van der Waals surface area contributed by atoms with Crippen molar-refractivity contribution in [2.45, 2.75) is 11.7 Å². The molecule has 0 unspecified atom stereocenters. The first-order valence-electron chi connectivity index (χ1n) is 10.9. The number of ether oxygens (including phenoxy) is 3. The van der Waals surface area contributed by atoms with Crippen LogP contribution in [0.5, 0.6) is 17.2 Å². The molecule has 35 heavy (non-hydrogen) atoms. The summed E-state index contributed by atoms with van der Waals surface area (Å²) in [6, 6.07) is 21.6. The van der Waals surface area contributed by atoms with Crippen LogP contribution in [0, 0.1) is 0 Å². The second kappa shape index (κ2) is 11.4. The summed E-state index contributed by atoms with van der Waals surface area (Å²) < 4.78 is 18.1. The number of carbonyl (C=O) groups is 1. The number of imidazole rings is 1. The van der Waals surface area contributed by atoms with Gasteiger partial charge in [-0.25, -0.2) is 10.4 Å². The molecule has 180 valence electrons. The third-order valence-corrected chi connectivity index (χ3v) is 6.24. The fourth-order valence-electron chi connectivity index (χ4n) is 3.57. The molecule has 0 fully saturated rings. The molecule has 0 atom stereocenters. The van der Waals surface area contributed by atoms with Crippen LogP contribution in [-0.4, -0.2) is 48.8 Å². The number of thioether (sulfide) groups is 1. The van der Waals surface area contributed by atoms with Gasteiger partial charge in [0.15, 0.2) is 16.7 Å². The van der Waals surface area contributed by atoms with Gasteiger partial charge in [0.2, 0.25) is 0 Å². The van der Waals surface area contributed by atoms with E-state index in [0.717, 1.165) is 21.8 Å². The maximum atomic E-state index is 12.5. The van der Waals surface area contributed by atoms with Gasteiger partial charge in [-0.05, 0) is 23.8 Å². The van der Waals surface area contributed by atoms with E-state index in [1.807, 2.05) is 42.5 Å². The van der Waals surface area contributed by atoms with Crippen LogP contribution in [0.2, 0.25) is 0 Å². The SMILES string of the molecule is COc1cc(OC)c(OC)cc1C=NNC(=O)CSc1nc2ccccc2n1Cc1ccccc1. The van der Waals surface area contributed by atoms with Crippen LogP contribution in [0.1, 0.15) is 11.1 Å². The molecule has 1 N–H and O–H groups in total. The van der Waals surface area contributed by atoms with Gasteiger partial charge in [-0.1, -0.05) is 54.2 Å². The third-order valence-electron chi connectivity index (χ3n) is 5.26. The molecule has 1 heterocycles. The predicted molar refractivity (Wildman–Crippen MR) is 138 cm³/mol. The van der Waals surface area contributed by atoms with Crippen LogP contribution >= 0.6 is 11.8 Å². The van der Waals surface area contributed by atoms with Gasteiger partial charge in [-0.2, -0.15) is 5.10 Å². The Hall–Kier alpha value is -3.98. The minimum Gasteiger partial charge on any atom is -0.496 e. The van der Waals surface area contributed by atoms with Crippen molar-refractivity contribution in [1.82, 2.24) is 15.0 Å². The summed E-state index contributed by atoms with van der Waals surface area (Å²) >= 11 is 1.37. The van der Waals surface area contributed by atoms with Gasteiger partial charge in [-0.15, -0.1) is 0 Å². The first kappa shape index (κ1) is 24.2. The van der Waals surface area contributed by atoms with Gasteiger partial charge in [0, 0.05) is 11.6 Å². The molecule has 0 spiro atoms. The van der Waals surface area contributed by atoms with Crippen molar-refractivity contribution in [2.75, 3.05) is 27.1 Å². The highest BCUT2D eigenvalue weighted by molar-refractivity contribution is 7.99. The first-order valence-corrected chi connectivity index (χ1v) is 11.9. The second-order valence-electron chi connectivity index (χ2n) is 7.49. The fraction of sp³-hybridized carbons (Fsp3) is 0.192. The molecule has 4 aromatic rings. The van der Waals surface area contributed by atoms with Crippen LogP contribution in [0.3, 0.4) is 0 Å². The Kier molecular flexibility index (Phi) is 7.89. The summed E-state index contributed by atoms with van der Waals surface area (Å²) in [4.78, 5) is 17.2. The number of para-hydroxylation sites is 2. The molecule has 0 saturated heterocycles. The van der Waals surface area contributed by atoms with E-state index in [4.69, 9.17) is 19.2 Å². The highest BCUT2D eigenvalue weighted by Crippen LogP contribution is 2.33. The number of carbonyl (C=O) groups excluding carboxylic acids is 1. The standard InChI is InChI=1S/C26H26N4O4S/c1-32-22-14-24(34-3)23(33-2)13-19(22)15-27-29-25(31)17-35-26-28-20-11-7-8-12-21(20)30(26)16-18-9-5-4-6-10-18/h4-15H,16-17H2,1-3H3,(H,29,31). The number of hydrogen-bond donors (Lipinski definition) is 1. The topological polar surface area (TPSA) is 87.0 Å². The molecule has 1 amide bonds. The Morgan fingerprint density at radius 3 is 2.40 bits per heavy atom. The van der Waals surface area contributed by atoms with Crippen molar-refractivity contribution in [3.63, 3.8) is 0 Å². The fourth-order valence-corrected chi connectivity index (χ4v) is 4.38. The average molecular weight is 491 g/mol. The molecule has 3 aromatic carbocycles. The highest BCUT2D eigenvalue weighted by Gasteiger charge is 2.14. The Morgan fingerprint density at radius 1 is 0.971 bits per heavy atom. The number of nitrogens with one attached hydrogen (secondary N) is 1. The largest absolute Gasteiger partial charge is 0.496 e. The number of hydrogen-bond acceptors (Lipinski definition) is 7. The van der Waals surface area contributed by atoms with Crippen molar-refractivity contribution in [3.8, 4) is 17.2 Å². The van der Waals surface area contributed by atoms with E-state index in [-0.39, 0.29) is 11.7 Å². The monoisotopic (exact) mass is 490 g/mol. The Bertz CT molecular complexity index is 1340. The number of aromatic nitrogens is 2. The lowest BCUT2D eigenvalue weighted by Crippen LogP contribution is -2.20. The van der Waals surface area contributed by atoms with Crippen LogP contribution < -0.4 is 19.6 Å². The zero-order valence-electron chi connectivity index (χ0n) is 19.7. The normalized spacial score (nSPS) is 11.1.